The van der Waals surface area contributed by atoms with E-state index < -0.39 is 18.1 Å². The predicted molar refractivity (Wildman–Crippen MR) is 130 cm³/mol. The predicted octanol–water partition coefficient (Wildman–Crippen LogP) is 3.30. The molecule has 0 aromatic heterocycles. The Morgan fingerprint density at radius 3 is 2.14 bits per heavy atom. The van der Waals surface area contributed by atoms with Crippen LogP contribution in [-0.4, -0.2) is 82.8 Å². The van der Waals surface area contributed by atoms with E-state index in [1.54, 1.807) is 10.8 Å². The fourth-order valence-corrected chi connectivity index (χ4v) is 4.82. The Balaban J connectivity index is 0.000000809. The second-order valence-corrected chi connectivity index (χ2v) is 10.2. The maximum absolute atomic E-state index is 12.3. The van der Waals surface area contributed by atoms with Crippen molar-refractivity contribution in [3.05, 3.63) is 30.3 Å². The third-order valence-electron chi connectivity index (χ3n) is 4.76. The van der Waals surface area contributed by atoms with E-state index in [0.29, 0.717) is 51.3 Å². The molecule has 1 aromatic rings. The molecule has 2 amide bonds. The zero-order valence-corrected chi connectivity index (χ0v) is 21.0. The second kappa shape index (κ2) is 17.0. The van der Waals surface area contributed by atoms with Crippen molar-refractivity contribution in [1.82, 2.24) is 10.2 Å². The quantitative estimate of drug-likeness (QED) is 0.263. The molecular formula is C22H29F3N2O7S2. The van der Waals surface area contributed by atoms with Crippen molar-refractivity contribution >= 4 is 45.3 Å². The van der Waals surface area contributed by atoms with Gasteiger partial charge in [-0.05, 0) is 25.0 Å². The average molecular weight is 555 g/mol. The standard InChI is InChI=1S/C20H28N2O5S2.C2HF3O2/c23-18(8-13-27-17-4-2-1-3-5-17)22-11-6-16(7-12-22)20(26)21-10-15-29-28-14-9-19(24)25;3-2(4,5)1(6)7/h1-5,16H,6-15H2,(H,21,26)(H,24,25);(H,6,7). The number of amides is 2. The van der Waals surface area contributed by atoms with Gasteiger partial charge in [0.2, 0.25) is 11.8 Å². The van der Waals surface area contributed by atoms with Crippen molar-refractivity contribution in [1.29, 1.82) is 0 Å². The molecule has 1 saturated heterocycles. The maximum Gasteiger partial charge on any atom is 0.490 e. The first kappa shape index (κ1) is 31.4. The van der Waals surface area contributed by atoms with Gasteiger partial charge in [0.25, 0.3) is 0 Å². The van der Waals surface area contributed by atoms with Gasteiger partial charge in [-0.25, -0.2) is 4.79 Å². The number of nitrogens with one attached hydrogen (secondary N) is 1. The molecule has 0 aliphatic carbocycles. The summed E-state index contributed by atoms with van der Waals surface area (Å²) in [5, 5.41) is 18.6. The number of ether oxygens (including phenoxy) is 1. The van der Waals surface area contributed by atoms with Gasteiger partial charge in [-0.1, -0.05) is 39.8 Å². The number of benzene rings is 1. The normalized spacial score (nSPS) is 13.8. The molecule has 1 aliphatic heterocycles. The summed E-state index contributed by atoms with van der Waals surface area (Å²) >= 11 is 0. The largest absolute Gasteiger partial charge is 0.493 e. The number of hydrogen-bond acceptors (Lipinski definition) is 7. The highest BCUT2D eigenvalue weighted by molar-refractivity contribution is 8.76. The summed E-state index contributed by atoms with van der Waals surface area (Å²) in [7, 11) is 3.08. The number of alkyl halides is 3. The third-order valence-corrected chi connectivity index (χ3v) is 7.16. The molecule has 1 aliphatic rings. The summed E-state index contributed by atoms with van der Waals surface area (Å²) in [5.74, 6) is -1.42. The minimum Gasteiger partial charge on any atom is -0.493 e. The van der Waals surface area contributed by atoms with E-state index in [9.17, 15) is 27.6 Å². The van der Waals surface area contributed by atoms with Crippen LogP contribution in [-0.2, 0) is 19.2 Å². The number of aliphatic carboxylic acids is 2. The number of carboxylic acids is 2. The van der Waals surface area contributed by atoms with Gasteiger partial charge in [0.05, 0.1) is 19.4 Å². The Bertz CT molecular complexity index is 837. The molecule has 202 valence electrons. The first-order valence-corrected chi connectivity index (χ1v) is 13.5. The molecule has 1 heterocycles. The third kappa shape index (κ3) is 14.1. The summed E-state index contributed by atoms with van der Waals surface area (Å²) in [4.78, 5) is 45.7. The van der Waals surface area contributed by atoms with Crippen LogP contribution in [0.2, 0.25) is 0 Å². The lowest BCUT2D eigenvalue weighted by atomic mass is 9.95. The lowest BCUT2D eigenvalue weighted by Crippen LogP contribution is -2.43. The Morgan fingerprint density at radius 1 is 1.00 bits per heavy atom. The smallest absolute Gasteiger partial charge is 0.490 e. The second-order valence-electron chi connectivity index (χ2n) is 7.45. The molecular weight excluding hydrogens is 525 g/mol. The van der Waals surface area contributed by atoms with E-state index >= 15 is 0 Å². The summed E-state index contributed by atoms with van der Waals surface area (Å²) < 4.78 is 37.3. The number of hydrogen-bond donors (Lipinski definition) is 3. The Morgan fingerprint density at radius 2 is 1.58 bits per heavy atom. The van der Waals surface area contributed by atoms with E-state index in [1.165, 1.54) is 10.8 Å². The first-order valence-electron chi connectivity index (χ1n) is 11.0. The lowest BCUT2D eigenvalue weighted by Gasteiger charge is -2.31. The van der Waals surface area contributed by atoms with Gasteiger partial charge in [-0.3, -0.25) is 14.4 Å². The number of carbonyl (C=O) groups is 4. The lowest BCUT2D eigenvalue weighted by molar-refractivity contribution is -0.192. The molecule has 14 heteroatoms. The molecule has 0 saturated carbocycles. The van der Waals surface area contributed by atoms with Crippen molar-refractivity contribution < 1.29 is 47.3 Å². The SMILES string of the molecule is O=C(O)C(F)(F)F.O=C(O)CCSSCCNC(=O)C1CCN(C(=O)CCOc2ccccc2)CC1. The van der Waals surface area contributed by atoms with Crippen LogP contribution < -0.4 is 10.1 Å². The number of carboxylic acid groups (broad SMARTS) is 2. The van der Waals surface area contributed by atoms with Crippen molar-refractivity contribution in [3.8, 4) is 5.75 Å². The van der Waals surface area contributed by atoms with E-state index in [2.05, 4.69) is 5.32 Å². The molecule has 0 radical (unpaired) electrons. The van der Waals surface area contributed by atoms with E-state index in [4.69, 9.17) is 19.7 Å². The van der Waals surface area contributed by atoms with Gasteiger partial charge in [0.15, 0.2) is 0 Å². The van der Waals surface area contributed by atoms with E-state index in [0.717, 1.165) is 11.5 Å². The Labute approximate surface area is 214 Å². The van der Waals surface area contributed by atoms with Gasteiger partial charge in [-0.2, -0.15) is 13.2 Å². The highest BCUT2D eigenvalue weighted by Gasteiger charge is 2.38. The summed E-state index contributed by atoms with van der Waals surface area (Å²) in [6, 6.07) is 9.43. The molecule has 0 spiro atoms. The topological polar surface area (TPSA) is 133 Å². The molecule has 0 atom stereocenters. The molecule has 1 fully saturated rings. The van der Waals surface area contributed by atoms with Crippen molar-refractivity contribution in [2.45, 2.75) is 31.9 Å². The van der Waals surface area contributed by atoms with Crippen LogP contribution in [0.1, 0.15) is 25.7 Å². The zero-order valence-electron chi connectivity index (χ0n) is 19.4. The van der Waals surface area contributed by atoms with Gasteiger partial charge in [0, 0.05) is 37.1 Å². The fourth-order valence-electron chi connectivity index (χ4n) is 2.93. The molecule has 36 heavy (non-hydrogen) atoms. The molecule has 0 bridgehead atoms. The van der Waals surface area contributed by atoms with E-state index in [1.807, 2.05) is 35.2 Å². The summed E-state index contributed by atoms with van der Waals surface area (Å²) in [5.41, 5.74) is 0. The van der Waals surface area contributed by atoms with Gasteiger partial charge < -0.3 is 25.2 Å². The van der Waals surface area contributed by atoms with Crippen molar-refractivity contribution in [2.24, 2.45) is 5.92 Å². The Hall–Kier alpha value is -2.61. The number of likely N-dealkylation sites (tertiary alicyclic amines) is 1. The monoisotopic (exact) mass is 554 g/mol. The molecule has 0 unspecified atom stereocenters. The number of piperidine rings is 1. The number of para-hydroxylation sites is 1. The molecule has 2 rings (SSSR count). The minimum absolute atomic E-state index is 0.0423. The highest BCUT2D eigenvalue weighted by atomic mass is 33.1. The number of rotatable bonds is 12. The van der Waals surface area contributed by atoms with Crippen LogP contribution in [0.3, 0.4) is 0 Å². The fraction of sp³-hybridized carbons (Fsp3) is 0.545. The first-order chi connectivity index (χ1) is 17.0. The van der Waals surface area contributed by atoms with Crippen LogP contribution in [0.5, 0.6) is 5.75 Å². The highest BCUT2D eigenvalue weighted by Crippen LogP contribution is 2.22. The van der Waals surface area contributed by atoms with Crippen molar-refractivity contribution in [2.75, 3.05) is 37.7 Å². The van der Waals surface area contributed by atoms with Crippen LogP contribution in [0, 0.1) is 5.92 Å². The maximum atomic E-state index is 12.3. The molecule has 3 N–H and O–H groups in total. The van der Waals surface area contributed by atoms with Crippen LogP contribution in [0.25, 0.3) is 0 Å². The van der Waals surface area contributed by atoms with Crippen LogP contribution >= 0.6 is 21.6 Å². The van der Waals surface area contributed by atoms with Crippen LogP contribution in [0.15, 0.2) is 30.3 Å². The molecule has 1 aromatic carbocycles. The van der Waals surface area contributed by atoms with Gasteiger partial charge >= 0.3 is 18.1 Å². The van der Waals surface area contributed by atoms with Gasteiger partial charge in [0.1, 0.15) is 5.75 Å². The van der Waals surface area contributed by atoms with Crippen molar-refractivity contribution in [3.63, 3.8) is 0 Å². The van der Waals surface area contributed by atoms with E-state index in [-0.39, 0.29) is 24.2 Å². The summed E-state index contributed by atoms with van der Waals surface area (Å²) in [6.45, 7) is 2.12. The number of carbonyl (C=O) groups excluding carboxylic acids is 2. The minimum atomic E-state index is -5.08. The van der Waals surface area contributed by atoms with Gasteiger partial charge in [-0.15, -0.1) is 0 Å². The number of nitrogens with zero attached hydrogens (tertiary/aromatic N) is 1. The molecule has 9 nitrogen and oxygen atoms in total. The number of halogens is 3. The Kier molecular flexibility index (Phi) is 14.8. The zero-order chi connectivity index (χ0) is 27.0. The average Bonchev–Trinajstić information content (AvgIpc) is 2.83. The summed E-state index contributed by atoms with van der Waals surface area (Å²) in [6.07, 6.45) is -3.24. The van der Waals surface area contributed by atoms with Crippen LogP contribution in [0.4, 0.5) is 13.2 Å².